The van der Waals surface area contributed by atoms with E-state index in [0.717, 1.165) is 0 Å². The summed E-state index contributed by atoms with van der Waals surface area (Å²) in [4.78, 5) is 23.2. The fourth-order valence-corrected chi connectivity index (χ4v) is 2.00. The number of hydrogen-bond donors (Lipinski definition) is 1. The monoisotopic (exact) mass is 347 g/mol. The minimum Gasteiger partial charge on any atom is -0.497 e. The van der Waals surface area contributed by atoms with E-state index in [-0.39, 0.29) is 6.42 Å². The highest BCUT2D eigenvalue weighted by atomic mass is 19.4. The van der Waals surface area contributed by atoms with Gasteiger partial charge in [-0.25, -0.2) is 4.79 Å². The Labute approximate surface area is 138 Å². The van der Waals surface area contributed by atoms with Crippen LogP contribution in [0.1, 0.15) is 26.7 Å². The minimum absolute atomic E-state index is 0.152. The number of nitrogens with one attached hydrogen (secondary N) is 1. The Hall–Kier alpha value is -2.25. The topological polar surface area (TPSA) is 64.6 Å². The Morgan fingerprint density at radius 2 is 1.79 bits per heavy atom. The highest BCUT2D eigenvalue weighted by Gasteiger charge is 2.43. The molecule has 1 aromatic carbocycles. The van der Waals surface area contributed by atoms with Crippen molar-refractivity contribution in [2.75, 3.05) is 12.4 Å². The van der Waals surface area contributed by atoms with Crippen LogP contribution in [0.2, 0.25) is 0 Å². The van der Waals surface area contributed by atoms with Gasteiger partial charge < -0.3 is 14.8 Å². The molecule has 1 rings (SSSR count). The quantitative estimate of drug-likeness (QED) is 0.766. The fourth-order valence-electron chi connectivity index (χ4n) is 2.00. The zero-order valence-corrected chi connectivity index (χ0v) is 13.6. The summed E-state index contributed by atoms with van der Waals surface area (Å²) in [6, 6.07) is 6.46. The molecule has 1 amide bonds. The van der Waals surface area contributed by atoms with E-state index < -0.39 is 30.1 Å². The summed E-state index contributed by atoms with van der Waals surface area (Å²) in [7, 11) is 1.50. The number of rotatable bonds is 7. The lowest BCUT2D eigenvalue weighted by Gasteiger charge is -2.23. The summed E-state index contributed by atoms with van der Waals surface area (Å²) in [6.45, 7) is 3.14. The van der Waals surface area contributed by atoms with Crippen LogP contribution >= 0.6 is 0 Å². The van der Waals surface area contributed by atoms with Crippen molar-refractivity contribution in [2.24, 2.45) is 5.92 Å². The molecule has 5 nitrogen and oxygen atoms in total. The molecule has 2 atom stereocenters. The van der Waals surface area contributed by atoms with Crippen LogP contribution in [0.25, 0.3) is 0 Å². The smallest absolute Gasteiger partial charge is 0.490 e. The Balaban J connectivity index is 2.75. The third-order valence-corrected chi connectivity index (χ3v) is 3.39. The SMILES string of the molecule is CCC[C@@H](OC(=O)C(F)(F)F)[C@@H](C)C(=O)Nc1ccc(OC)cc1. The molecule has 134 valence electrons. The number of alkyl halides is 3. The molecule has 8 heteroatoms. The van der Waals surface area contributed by atoms with Crippen molar-refractivity contribution in [3.8, 4) is 5.75 Å². The summed E-state index contributed by atoms with van der Waals surface area (Å²) >= 11 is 0. The molecule has 0 spiro atoms. The van der Waals surface area contributed by atoms with Crippen LogP contribution < -0.4 is 10.1 Å². The van der Waals surface area contributed by atoms with Gasteiger partial charge in [0, 0.05) is 5.69 Å². The molecule has 0 unspecified atom stereocenters. The van der Waals surface area contributed by atoms with Crippen LogP contribution in [0.3, 0.4) is 0 Å². The number of methoxy groups -OCH3 is 1. The van der Waals surface area contributed by atoms with Crippen molar-refractivity contribution in [3.63, 3.8) is 0 Å². The average molecular weight is 347 g/mol. The predicted octanol–water partition coefficient (Wildman–Crippen LogP) is 3.54. The van der Waals surface area contributed by atoms with Gasteiger partial charge in [0.15, 0.2) is 0 Å². The van der Waals surface area contributed by atoms with Gasteiger partial charge in [0.25, 0.3) is 0 Å². The fraction of sp³-hybridized carbons (Fsp3) is 0.500. The summed E-state index contributed by atoms with van der Waals surface area (Å²) in [6.07, 6.45) is -5.62. The van der Waals surface area contributed by atoms with Crippen LogP contribution in [0.4, 0.5) is 18.9 Å². The van der Waals surface area contributed by atoms with E-state index in [1.165, 1.54) is 14.0 Å². The van der Waals surface area contributed by atoms with Crippen LogP contribution in [0, 0.1) is 5.92 Å². The summed E-state index contributed by atoms with van der Waals surface area (Å²) in [5.41, 5.74) is 0.463. The normalized spacial score (nSPS) is 13.8. The first-order chi connectivity index (χ1) is 11.2. The van der Waals surface area contributed by atoms with Crippen molar-refractivity contribution >= 4 is 17.6 Å². The van der Waals surface area contributed by atoms with Gasteiger partial charge in [0.05, 0.1) is 13.0 Å². The number of hydrogen-bond acceptors (Lipinski definition) is 4. The van der Waals surface area contributed by atoms with Crippen molar-refractivity contribution in [2.45, 2.75) is 39.0 Å². The second-order valence-electron chi connectivity index (χ2n) is 5.24. The van der Waals surface area contributed by atoms with E-state index >= 15 is 0 Å². The van der Waals surface area contributed by atoms with E-state index in [4.69, 9.17) is 4.74 Å². The lowest BCUT2D eigenvalue weighted by atomic mass is 9.99. The van der Waals surface area contributed by atoms with Crippen LogP contribution in [0.15, 0.2) is 24.3 Å². The third-order valence-electron chi connectivity index (χ3n) is 3.39. The number of anilines is 1. The standard InChI is InChI=1S/C16H20F3NO4/c1-4-5-13(24-15(22)16(17,18)19)10(2)14(21)20-11-6-8-12(23-3)9-7-11/h6-10,13H,4-5H2,1-3H3,(H,20,21)/t10-,13-/m1/s1. The lowest BCUT2D eigenvalue weighted by Crippen LogP contribution is -2.37. The Morgan fingerprint density at radius 3 is 2.25 bits per heavy atom. The summed E-state index contributed by atoms with van der Waals surface area (Å²) < 4.78 is 46.5. The number of ether oxygens (including phenoxy) is 2. The van der Waals surface area contributed by atoms with Gasteiger partial charge in [-0.2, -0.15) is 13.2 Å². The van der Waals surface area contributed by atoms with Crippen LogP contribution in [-0.4, -0.2) is 31.3 Å². The highest BCUT2D eigenvalue weighted by Crippen LogP contribution is 2.23. The zero-order chi connectivity index (χ0) is 18.3. The Bertz CT molecular complexity index is 557. The summed E-state index contributed by atoms with van der Waals surface area (Å²) in [5.74, 6) is -3.15. The molecule has 0 saturated carbocycles. The van der Waals surface area contributed by atoms with Crippen molar-refractivity contribution in [3.05, 3.63) is 24.3 Å². The molecule has 0 fully saturated rings. The molecule has 0 aromatic heterocycles. The summed E-state index contributed by atoms with van der Waals surface area (Å²) in [5, 5.41) is 2.58. The van der Waals surface area contributed by atoms with Gasteiger partial charge in [0.1, 0.15) is 11.9 Å². The van der Waals surface area contributed by atoms with Crippen molar-refractivity contribution in [1.82, 2.24) is 0 Å². The second kappa shape index (κ2) is 8.56. The van der Waals surface area contributed by atoms with E-state index in [9.17, 15) is 22.8 Å². The number of halogens is 3. The van der Waals surface area contributed by atoms with Crippen LogP contribution in [-0.2, 0) is 14.3 Å². The van der Waals surface area contributed by atoms with E-state index in [0.29, 0.717) is 17.9 Å². The van der Waals surface area contributed by atoms with Gasteiger partial charge in [0.2, 0.25) is 5.91 Å². The Kier molecular flexibility index (Phi) is 7.06. The minimum atomic E-state index is -5.09. The predicted molar refractivity (Wildman–Crippen MR) is 81.6 cm³/mol. The number of benzene rings is 1. The molecule has 0 radical (unpaired) electrons. The van der Waals surface area contributed by atoms with E-state index in [1.54, 1.807) is 31.2 Å². The molecule has 1 aromatic rings. The molecule has 0 heterocycles. The molecule has 0 aliphatic carbocycles. The van der Waals surface area contributed by atoms with Gasteiger partial charge in [-0.15, -0.1) is 0 Å². The number of amides is 1. The number of carbonyl (C=O) groups is 2. The molecule has 24 heavy (non-hydrogen) atoms. The largest absolute Gasteiger partial charge is 0.497 e. The molecule has 0 aliphatic rings. The molecular weight excluding hydrogens is 327 g/mol. The molecule has 0 bridgehead atoms. The van der Waals surface area contributed by atoms with Crippen molar-refractivity contribution in [1.29, 1.82) is 0 Å². The van der Waals surface area contributed by atoms with Gasteiger partial charge in [-0.3, -0.25) is 4.79 Å². The van der Waals surface area contributed by atoms with Crippen LogP contribution in [0.5, 0.6) is 5.75 Å². The maximum Gasteiger partial charge on any atom is 0.490 e. The maximum atomic E-state index is 12.3. The number of esters is 1. The zero-order valence-electron chi connectivity index (χ0n) is 13.6. The van der Waals surface area contributed by atoms with E-state index in [1.807, 2.05) is 0 Å². The van der Waals surface area contributed by atoms with Crippen molar-refractivity contribution < 1.29 is 32.2 Å². The molecule has 0 saturated heterocycles. The first-order valence-electron chi connectivity index (χ1n) is 7.41. The highest BCUT2D eigenvalue weighted by molar-refractivity contribution is 5.93. The third kappa shape index (κ3) is 5.75. The van der Waals surface area contributed by atoms with Gasteiger partial charge in [-0.05, 0) is 30.7 Å². The average Bonchev–Trinajstić information content (AvgIpc) is 2.53. The molecule has 0 aliphatic heterocycles. The van der Waals surface area contributed by atoms with Gasteiger partial charge in [-0.1, -0.05) is 20.3 Å². The Morgan fingerprint density at radius 1 is 1.21 bits per heavy atom. The first-order valence-corrected chi connectivity index (χ1v) is 7.41. The van der Waals surface area contributed by atoms with E-state index in [2.05, 4.69) is 10.1 Å². The molecule has 1 N–H and O–H groups in total. The molecular formula is C16H20F3NO4. The second-order valence-corrected chi connectivity index (χ2v) is 5.24. The lowest BCUT2D eigenvalue weighted by molar-refractivity contribution is -0.207. The first kappa shape index (κ1) is 19.8. The number of carbonyl (C=O) groups excluding carboxylic acids is 2. The van der Waals surface area contributed by atoms with Gasteiger partial charge >= 0.3 is 12.1 Å². The maximum absolute atomic E-state index is 12.3.